The third-order valence-electron chi connectivity index (χ3n) is 3.64. The van der Waals surface area contributed by atoms with Crippen molar-refractivity contribution >= 4 is 42.8 Å². The molecule has 0 spiro atoms. The zero-order valence-corrected chi connectivity index (χ0v) is 16.2. The van der Waals surface area contributed by atoms with E-state index in [-0.39, 0.29) is 12.4 Å². The number of benzene rings is 1. The molecule has 4 rings (SSSR count). The van der Waals surface area contributed by atoms with E-state index in [1.807, 2.05) is 0 Å². The Morgan fingerprint density at radius 3 is 2.67 bits per heavy atom. The van der Waals surface area contributed by atoms with E-state index >= 15 is 0 Å². The van der Waals surface area contributed by atoms with E-state index in [2.05, 4.69) is 20.1 Å². The van der Waals surface area contributed by atoms with Crippen molar-refractivity contribution < 1.29 is 12.8 Å². The number of nitrogens with one attached hydrogen (secondary N) is 2. The summed E-state index contributed by atoms with van der Waals surface area (Å²) in [5.74, 6) is -0.293. The minimum Gasteiger partial charge on any atom is -0.359 e. The average molecular weight is 424 g/mol. The van der Waals surface area contributed by atoms with Crippen molar-refractivity contribution in [3.63, 3.8) is 0 Å². The Morgan fingerprint density at radius 2 is 1.96 bits per heavy atom. The lowest BCUT2D eigenvalue weighted by molar-refractivity contribution is 0.585. The number of hydrogen-bond acceptors (Lipinski definition) is 7. The molecule has 3 heterocycles. The van der Waals surface area contributed by atoms with Crippen molar-refractivity contribution in [2.45, 2.75) is 4.21 Å². The van der Waals surface area contributed by atoms with Crippen molar-refractivity contribution in [3.05, 3.63) is 53.8 Å². The van der Waals surface area contributed by atoms with Gasteiger partial charge in [0.05, 0.1) is 11.9 Å². The van der Waals surface area contributed by atoms with E-state index in [9.17, 15) is 12.8 Å². The maximum atomic E-state index is 13.0. The Kier molecular flexibility index (Phi) is 4.91. The van der Waals surface area contributed by atoms with Crippen LogP contribution in [0.5, 0.6) is 0 Å². The van der Waals surface area contributed by atoms with Crippen LogP contribution in [0.4, 0.5) is 9.52 Å². The van der Waals surface area contributed by atoms with Gasteiger partial charge in [0, 0.05) is 18.7 Å². The number of hydrogen-bond donors (Lipinski definition) is 2. The van der Waals surface area contributed by atoms with Crippen molar-refractivity contribution in [1.29, 1.82) is 0 Å². The topological polar surface area (TPSA) is 88.4 Å². The first kappa shape index (κ1) is 18.0. The molecular formula is C16H14FN5O2S3. The fraction of sp³-hybridized carbons (Fsp3) is 0.125. The van der Waals surface area contributed by atoms with Crippen LogP contribution in [0.2, 0.25) is 0 Å². The summed E-state index contributed by atoms with van der Waals surface area (Å²) in [6.45, 7) is 0.634. The lowest BCUT2D eigenvalue weighted by Gasteiger charge is -2.05. The predicted molar refractivity (Wildman–Crippen MR) is 104 cm³/mol. The van der Waals surface area contributed by atoms with Crippen molar-refractivity contribution in [1.82, 2.24) is 19.3 Å². The van der Waals surface area contributed by atoms with Crippen LogP contribution < -0.4 is 10.0 Å². The summed E-state index contributed by atoms with van der Waals surface area (Å²) in [6, 6.07) is 9.38. The molecule has 0 fully saturated rings. The molecule has 4 aromatic rings. The Bertz CT molecular complexity index is 1120. The van der Waals surface area contributed by atoms with Crippen molar-refractivity contribution in [3.8, 4) is 11.3 Å². The van der Waals surface area contributed by atoms with Crippen LogP contribution in [0.25, 0.3) is 16.2 Å². The Hall–Kier alpha value is -2.34. The lowest BCUT2D eigenvalue weighted by Crippen LogP contribution is -2.28. The molecular weight excluding hydrogens is 409 g/mol. The van der Waals surface area contributed by atoms with E-state index in [4.69, 9.17) is 0 Å². The summed E-state index contributed by atoms with van der Waals surface area (Å²) >= 11 is 2.53. The number of thiophene rings is 1. The van der Waals surface area contributed by atoms with E-state index in [1.165, 1.54) is 34.8 Å². The minimum atomic E-state index is -3.46. The number of anilines is 1. The van der Waals surface area contributed by atoms with Gasteiger partial charge in [-0.25, -0.2) is 27.0 Å². The number of nitrogens with zero attached hydrogens (tertiary/aromatic N) is 3. The monoisotopic (exact) mass is 423 g/mol. The summed E-state index contributed by atoms with van der Waals surface area (Å²) in [4.78, 5) is 5.17. The SMILES string of the molecule is O=S(=O)(NCCNc1nn2cc(-c3ccc(F)cc3)nc2s1)c1cccs1. The van der Waals surface area contributed by atoms with Crippen molar-refractivity contribution in [2.75, 3.05) is 18.4 Å². The number of halogens is 1. The Balaban J connectivity index is 1.36. The van der Waals surface area contributed by atoms with Gasteiger partial charge in [-0.2, -0.15) is 0 Å². The molecule has 3 aromatic heterocycles. The number of sulfonamides is 1. The average Bonchev–Trinajstić information content (AvgIpc) is 3.35. The van der Waals surface area contributed by atoms with Gasteiger partial charge < -0.3 is 5.32 Å². The molecule has 11 heteroatoms. The van der Waals surface area contributed by atoms with Crippen LogP contribution in [0.15, 0.2) is 52.2 Å². The molecule has 0 radical (unpaired) electrons. The van der Waals surface area contributed by atoms with Gasteiger partial charge in [0.2, 0.25) is 20.1 Å². The summed E-state index contributed by atoms with van der Waals surface area (Å²) < 4.78 is 41.5. The molecule has 0 bridgehead atoms. The van der Waals surface area contributed by atoms with Gasteiger partial charge in [0.15, 0.2) is 0 Å². The van der Waals surface area contributed by atoms with Gasteiger partial charge in [-0.05, 0) is 35.7 Å². The van der Waals surface area contributed by atoms with Crippen LogP contribution >= 0.6 is 22.7 Å². The Morgan fingerprint density at radius 1 is 1.15 bits per heavy atom. The molecule has 0 atom stereocenters. The highest BCUT2D eigenvalue weighted by Gasteiger charge is 2.14. The minimum absolute atomic E-state index is 0.239. The van der Waals surface area contributed by atoms with Crippen LogP contribution in [0, 0.1) is 5.82 Å². The maximum absolute atomic E-state index is 13.0. The standard InChI is InChI=1S/C16H14FN5O2S3/c17-12-5-3-11(4-6-12)13-10-22-16(20-13)26-15(21-22)18-7-8-19-27(23,24)14-2-1-9-25-14/h1-6,9-10,19H,7-8H2,(H,18,21). The Labute approximate surface area is 162 Å². The molecule has 0 amide bonds. The van der Waals surface area contributed by atoms with E-state index in [1.54, 1.807) is 40.4 Å². The highest BCUT2D eigenvalue weighted by Crippen LogP contribution is 2.24. The second kappa shape index (κ2) is 7.35. The maximum Gasteiger partial charge on any atom is 0.250 e. The molecule has 0 aliphatic heterocycles. The number of aromatic nitrogens is 3. The van der Waals surface area contributed by atoms with Gasteiger partial charge in [0.1, 0.15) is 10.0 Å². The molecule has 0 unspecified atom stereocenters. The summed E-state index contributed by atoms with van der Waals surface area (Å²) in [7, 11) is -3.46. The third kappa shape index (κ3) is 4.00. The zero-order valence-electron chi connectivity index (χ0n) is 13.8. The number of rotatable bonds is 7. The second-order valence-electron chi connectivity index (χ2n) is 5.52. The molecule has 140 valence electrons. The van der Waals surface area contributed by atoms with Gasteiger partial charge in [-0.1, -0.05) is 17.4 Å². The lowest BCUT2D eigenvalue weighted by atomic mass is 10.2. The smallest absolute Gasteiger partial charge is 0.250 e. The largest absolute Gasteiger partial charge is 0.359 e. The molecule has 0 saturated carbocycles. The van der Waals surface area contributed by atoms with Gasteiger partial charge >= 0.3 is 0 Å². The fourth-order valence-electron chi connectivity index (χ4n) is 2.37. The summed E-state index contributed by atoms with van der Waals surface area (Å²) in [5, 5.41) is 9.81. The van der Waals surface area contributed by atoms with Crippen LogP contribution in [0.1, 0.15) is 0 Å². The van der Waals surface area contributed by atoms with Gasteiger partial charge in [-0.3, -0.25) is 0 Å². The number of imidazole rings is 1. The first-order valence-electron chi connectivity index (χ1n) is 7.90. The first-order chi connectivity index (χ1) is 13.0. The summed E-state index contributed by atoms with van der Waals surface area (Å²) in [5.41, 5.74) is 1.52. The highest BCUT2D eigenvalue weighted by atomic mass is 32.2. The molecule has 0 saturated heterocycles. The zero-order chi connectivity index (χ0) is 18.9. The van der Waals surface area contributed by atoms with E-state index in [0.29, 0.717) is 26.5 Å². The molecule has 0 aliphatic carbocycles. The van der Waals surface area contributed by atoms with Gasteiger partial charge in [-0.15, -0.1) is 16.4 Å². The van der Waals surface area contributed by atoms with Crippen molar-refractivity contribution in [2.24, 2.45) is 0 Å². The molecule has 7 nitrogen and oxygen atoms in total. The fourth-order valence-corrected chi connectivity index (χ4v) is 5.25. The summed E-state index contributed by atoms with van der Waals surface area (Å²) in [6.07, 6.45) is 1.77. The molecule has 0 aliphatic rings. The predicted octanol–water partition coefficient (Wildman–Crippen LogP) is 3.05. The van der Waals surface area contributed by atoms with Crippen LogP contribution in [-0.2, 0) is 10.0 Å². The highest BCUT2D eigenvalue weighted by molar-refractivity contribution is 7.91. The molecule has 1 aromatic carbocycles. The molecule has 27 heavy (non-hydrogen) atoms. The first-order valence-corrected chi connectivity index (χ1v) is 11.1. The number of fused-ring (bicyclic) bond motifs is 1. The van der Waals surface area contributed by atoms with E-state index in [0.717, 1.165) is 5.56 Å². The quantitative estimate of drug-likeness (QED) is 0.446. The van der Waals surface area contributed by atoms with E-state index < -0.39 is 10.0 Å². The van der Waals surface area contributed by atoms with Gasteiger partial charge in [0.25, 0.3) is 0 Å². The molecule has 2 N–H and O–H groups in total. The third-order valence-corrected chi connectivity index (χ3v) is 7.38. The second-order valence-corrected chi connectivity index (χ2v) is 9.42. The normalized spacial score (nSPS) is 11.9. The van der Waals surface area contributed by atoms with Crippen LogP contribution in [0.3, 0.4) is 0 Å². The van der Waals surface area contributed by atoms with Crippen LogP contribution in [-0.4, -0.2) is 36.1 Å².